The summed E-state index contributed by atoms with van der Waals surface area (Å²) >= 11 is 0. The van der Waals surface area contributed by atoms with Crippen LogP contribution >= 0.6 is 0 Å². The summed E-state index contributed by atoms with van der Waals surface area (Å²) in [5.41, 5.74) is 7.03. The Balaban J connectivity index is 1.64. The number of nitrogens with one attached hydrogen (secondary N) is 1. The quantitative estimate of drug-likeness (QED) is 0.615. The molecule has 3 rings (SSSR count). The van der Waals surface area contributed by atoms with Gasteiger partial charge in [-0.05, 0) is 36.9 Å². The molecule has 1 saturated heterocycles. The average molecular weight is 372 g/mol. The third kappa shape index (κ3) is 5.94. The minimum atomic E-state index is 0.0214. The molecule has 150 valence electrons. The zero-order valence-corrected chi connectivity index (χ0v) is 17.2. The van der Waals surface area contributed by atoms with E-state index in [9.17, 15) is 0 Å². The third-order valence-corrected chi connectivity index (χ3v) is 5.94. The summed E-state index contributed by atoms with van der Waals surface area (Å²) in [6.45, 7) is 10.1. The van der Waals surface area contributed by atoms with Gasteiger partial charge in [-0.3, -0.25) is 9.89 Å². The van der Waals surface area contributed by atoms with E-state index in [4.69, 9.17) is 10.7 Å². The van der Waals surface area contributed by atoms with Crippen LogP contribution in [-0.2, 0) is 0 Å². The van der Waals surface area contributed by atoms with Gasteiger partial charge in [0, 0.05) is 44.5 Å². The average Bonchev–Trinajstić information content (AvgIpc) is 2.73. The highest BCUT2D eigenvalue weighted by Gasteiger charge is 2.27. The van der Waals surface area contributed by atoms with Gasteiger partial charge in [0.05, 0.1) is 0 Å². The fourth-order valence-electron chi connectivity index (χ4n) is 3.97. The standard InChI is InChI=1S/C22H37N5/c1-22(2,17-23)18-24-21(25-19-9-5-3-6-10-19)27-15-13-26(14-16-27)20-11-7-4-8-12-20/h3,5-6,9-10,20H,4,7-8,11-18,23H2,1-2H3,(H,24,25). The van der Waals surface area contributed by atoms with Crippen molar-refractivity contribution in [1.29, 1.82) is 0 Å². The van der Waals surface area contributed by atoms with E-state index in [1.807, 2.05) is 6.07 Å². The Labute approximate surface area is 165 Å². The Kier molecular flexibility index (Phi) is 7.13. The van der Waals surface area contributed by atoms with Crippen LogP contribution in [0.15, 0.2) is 35.3 Å². The second-order valence-corrected chi connectivity index (χ2v) is 8.81. The predicted molar refractivity (Wildman–Crippen MR) is 115 cm³/mol. The molecule has 0 unspecified atom stereocenters. The van der Waals surface area contributed by atoms with E-state index < -0.39 is 0 Å². The summed E-state index contributed by atoms with van der Waals surface area (Å²) in [6.07, 6.45) is 7.00. The van der Waals surface area contributed by atoms with Gasteiger partial charge in [0.1, 0.15) is 0 Å². The van der Waals surface area contributed by atoms with Gasteiger partial charge in [-0.25, -0.2) is 0 Å². The molecule has 1 aliphatic heterocycles. The van der Waals surface area contributed by atoms with Gasteiger partial charge in [0.2, 0.25) is 0 Å². The largest absolute Gasteiger partial charge is 0.340 e. The first-order chi connectivity index (χ1) is 13.1. The van der Waals surface area contributed by atoms with E-state index in [2.05, 4.69) is 53.2 Å². The molecule has 5 nitrogen and oxygen atoms in total. The van der Waals surface area contributed by atoms with Gasteiger partial charge in [-0.1, -0.05) is 51.3 Å². The Morgan fingerprint density at radius 3 is 2.37 bits per heavy atom. The molecule has 2 aliphatic rings. The Hall–Kier alpha value is -1.59. The maximum absolute atomic E-state index is 5.91. The monoisotopic (exact) mass is 371 g/mol. The number of aliphatic imine (C=N–C) groups is 1. The van der Waals surface area contributed by atoms with Crippen molar-refractivity contribution in [2.45, 2.75) is 52.0 Å². The lowest BCUT2D eigenvalue weighted by molar-refractivity contribution is 0.107. The van der Waals surface area contributed by atoms with Crippen LogP contribution in [0.2, 0.25) is 0 Å². The lowest BCUT2D eigenvalue weighted by atomic mass is 9.94. The van der Waals surface area contributed by atoms with Crippen molar-refractivity contribution in [2.24, 2.45) is 16.1 Å². The van der Waals surface area contributed by atoms with Gasteiger partial charge in [0.25, 0.3) is 0 Å². The first-order valence-electron chi connectivity index (χ1n) is 10.6. The molecule has 0 atom stereocenters. The number of para-hydroxylation sites is 1. The predicted octanol–water partition coefficient (Wildman–Crippen LogP) is 3.39. The summed E-state index contributed by atoms with van der Waals surface area (Å²) in [7, 11) is 0. The summed E-state index contributed by atoms with van der Waals surface area (Å²) in [4.78, 5) is 10.1. The summed E-state index contributed by atoms with van der Waals surface area (Å²) in [6, 6.07) is 11.2. The molecule has 0 spiro atoms. The molecular formula is C22H37N5. The fourth-order valence-corrected chi connectivity index (χ4v) is 3.97. The molecule has 0 aromatic heterocycles. The number of benzene rings is 1. The van der Waals surface area contributed by atoms with Gasteiger partial charge >= 0.3 is 0 Å². The lowest BCUT2D eigenvalue weighted by Gasteiger charge is -2.41. The second kappa shape index (κ2) is 9.56. The summed E-state index contributed by atoms with van der Waals surface area (Å²) < 4.78 is 0. The molecular weight excluding hydrogens is 334 g/mol. The fraction of sp³-hybridized carbons (Fsp3) is 0.682. The van der Waals surface area contributed by atoms with Crippen LogP contribution in [0.1, 0.15) is 46.0 Å². The first kappa shape index (κ1) is 20.2. The highest BCUT2D eigenvalue weighted by Crippen LogP contribution is 2.24. The molecule has 0 bridgehead atoms. The highest BCUT2D eigenvalue weighted by atomic mass is 15.4. The van der Waals surface area contributed by atoms with E-state index in [0.29, 0.717) is 6.54 Å². The number of nitrogens with zero attached hydrogens (tertiary/aromatic N) is 3. The van der Waals surface area contributed by atoms with Crippen molar-refractivity contribution < 1.29 is 0 Å². The number of hydrogen-bond acceptors (Lipinski definition) is 3. The molecule has 3 N–H and O–H groups in total. The Morgan fingerprint density at radius 2 is 1.74 bits per heavy atom. The SMILES string of the molecule is CC(C)(CN)CN=C(Nc1ccccc1)N1CCN(C2CCCCC2)CC1. The number of piperazine rings is 1. The molecule has 1 saturated carbocycles. The van der Waals surface area contributed by atoms with Crippen LogP contribution in [0.25, 0.3) is 0 Å². The van der Waals surface area contributed by atoms with Crippen LogP contribution in [0, 0.1) is 5.41 Å². The number of nitrogens with two attached hydrogens (primary N) is 1. The van der Waals surface area contributed by atoms with E-state index in [1.54, 1.807) is 0 Å². The zero-order chi connectivity index (χ0) is 19.1. The molecule has 1 aromatic rings. The topological polar surface area (TPSA) is 56.9 Å². The number of anilines is 1. The molecule has 1 heterocycles. The van der Waals surface area contributed by atoms with Crippen LogP contribution < -0.4 is 11.1 Å². The first-order valence-corrected chi connectivity index (χ1v) is 10.6. The maximum atomic E-state index is 5.91. The molecule has 2 fully saturated rings. The van der Waals surface area contributed by atoms with Gasteiger partial charge in [0.15, 0.2) is 5.96 Å². The van der Waals surface area contributed by atoms with Crippen LogP contribution in [-0.4, -0.2) is 61.1 Å². The van der Waals surface area contributed by atoms with Crippen molar-refractivity contribution >= 4 is 11.6 Å². The second-order valence-electron chi connectivity index (χ2n) is 8.81. The van der Waals surface area contributed by atoms with Crippen molar-refractivity contribution in [2.75, 3.05) is 44.6 Å². The minimum Gasteiger partial charge on any atom is -0.340 e. The normalized spacial score (nSPS) is 20.7. The third-order valence-electron chi connectivity index (χ3n) is 5.94. The lowest BCUT2D eigenvalue weighted by Crippen LogP contribution is -2.53. The van der Waals surface area contributed by atoms with E-state index in [0.717, 1.165) is 50.4 Å². The Morgan fingerprint density at radius 1 is 1.07 bits per heavy atom. The summed E-state index contributed by atoms with van der Waals surface area (Å²) in [5.74, 6) is 0.992. The number of rotatable bonds is 5. The molecule has 1 aliphatic carbocycles. The molecule has 1 aromatic carbocycles. The van der Waals surface area contributed by atoms with Crippen LogP contribution in [0.5, 0.6) is 0 Å². The zero-order valence-electron chi connectivity index (χ0n) is 17.2. The maximum Gasteiger partial charge on any atom is 0.198 e. The molecule has 0 radical (unpaired) electrons. The number of guanidine groups is 1. The van der Waals surface area contributed by atoms with E-state index >= 15 is 0 Å². The van der Waals surface area contributed by atoms with E-state index in [1.165, 1.54) is 32.1 Å². The van der Waals surface area contributed by atoms with Gasteiger partial charge in [-0.2, -0.15) is 0 Å². The smallest absolute Gasteiger partial charge is 0.198 e. The van der Waals surface area contributed by atoms with Crippen molar-refractivity contribution in [1.82, 2.24) is 9.80 Å². The van der Waals surface area contributed by atoms with Gasteiger partial charge < -0.3 is 16.0 Å². The van der Waals surface area contributed by atoms with Gasteiger partial charge in [-0.15, -0.1) is 0 Å². The number of hydrogen-bond donors (Lipinski definition) is 2. The van der Waals surface area contributed by atoms with Crippen LogP contribution in [0.4, 0.5) is 5.69 Å². The van der Waals surface area contributed by atoms with E-state index in [-0.39, 0.29) is 5.41 Å². The Bertz CT molecular complexity index is 584. The van der Waals surface area contributed by atoms with Crippen LogP contribution in [0.3, 0.4) is 0 Å². The van der Waals surface area contributed by atoms with Crippen molar-refractivity contribution in [3.63, 3.8) is 0 Å². The molecule has 27 heavy (non-hydrogen) atoms. The molecule has 0 amide bonds. The summed E-state index contributed by atoms with van der Waals surface area (Å²) in [5, 5.41) is 3.56. The minimum absolute atomic E-state index is 0.0214. The van der Waals surface area contributed by atoms with Crippen molar-refractivity contribution in [3.8, 4) is 0 Å². The van der Waals surface area contributed by atoms with Crippen molar-refractivity contribution in [3.05, 3.63) is 30.3 Å². The molecule has 5 heteroatoms. The highest BCUT2D eigenvalue weighted by molar-refractivity contribution is 5.93.